The Morgan fingerprint density at radius 3 is 2.36 bits per heavy atom. The molecule has 0 aliphatic heterocycles. The minimum Gasteiger partial charge on any atom is -0.354 e. The number of hydrogen-bond donors (Lipinski definition) is 2. The topological polar surface area (TPSA) is 55.1 Å². The van der Waals surface area contributed by atoms with E-state index in [1.54, 1.807) is 0 Å². The summed E-state index contributed by atoms with van der Waals surface area (Å²) in [5.41, 5.74) is 5.92. The molecule has 1 saturated carbocycles. The van der Waals surface area contributed by atoms with Crippen LogP contribution in [0.4, 0.5) is 0 Å². The number of carbonyl (C=O) groups excluding carboxylic acids is 1. The van der Waals surface area contributed by atoms with Crippen molar-refractivity contribution in [3.05, 3.63) is 0 Å². The lowest BCUT2D eigenvalue weighted by molar-refractivity contribution is -0.125. The summed E-state index contributed by atoms with van der Waals surface area (Å²) in [4.78, 5) is 11.6. The summed E-state index contributed by atoms with van der Waals surface area (Å²) >= 11 is 0. The molecular weight excluding hydrogens is 176 g/mol. The second-order valence-corrected chi connectivity index (χ2v) is 4.45. The molecule has 0 aromatic heterocycles. The maximum Gasteiger partial charge on any atom is 0.223 e. The van der Waals surface area contributed by atoms with Crippen molar-refractivity contribution in [1.29, 1.82) is 0 Å². The number of amides is 1. The highest BCUT2D eigenvalue weighted by Gasteiger charge is 2.32. The van der Waals surface area contributed by atoms with E-state index in [0.717, 1.165) is 25.7 Å². The van der Waals surface area contributed by atoms with Crippen LogP contribution in [0.2, 0.25) is 0 Å². The van der Waals surface area contributed by atoms with Gasteiger partial charge in [0.2, 0.25) is 5.91 Å². The Labute approximate surface area is 86.4 Å². The van der Waals surface area contributed by atoms with Gasteiger partial charge in [0, 0.05) is 18.0 Å². The molecule has 3 heteroatoms. The lowest BCUT2D eigenvalue weighted by Crippen LogP contribution is -2.55. The molecule has 0 radical (unpaired) electrons. The van der Waals surface area contributed by atoms with Crippen LogP contribution >= 0.6 is 0 Å². The van der Waals surface area contributed by atoms with Crippen LogP contribution in [0.1, 0.15) is 46.0 Å². The van der Waals surface area contributed by atoms with E-state index in [0.29, 0.717) is 6.54 Å². The van der Waals surface area contributed by atoms with E-state index in [1.807, 2.05) is 0 Å². The van der Waals surface area contributed by atoms with Crippen molar-refractivity contribution >= 4 is 5.91 Å². The fourth-order valence-electron chi connectivity index (χ4n) is 1.87. The monoisotopic (exact) mass is 198 g/mol. The largest absolute Gasteiger partial charge is 0.354 e. The van der Waals surface area contributed by atoms with Crippen molar-refractivity contribution in [3.8, 4) is 0 Å². The van der Waals surface area contributed by atoms with Crippen LogP contribution in [-0.2, 0) is 4.79 Å². The minimum absolute atomic E-state index is 0.0955. The average molecular weight is 198 g/mol. The van der Waals surface area contributed by atoms with Crippen molar-refractivity contribution in [1.82, 2.24) is 5.32 Å². The average Bonchev–Trinajstić information content (AvgIpc) is 2.13. The Bertz CT molecular complexity index is 195. The number of rotatable bonds is 5. The first-order chi connectivity index (χ1) is 6.61. The van der Waals surface area contributed by atoms with Gasteiger partial charge in [-0.2, -0.15) is 0 Å². The molecule has 1 aliphatic carbocycles. The van der Waals surface area contributed by atoms with Crippen LogP contribution in [0, 0.1) is 5.92 Å². The van der Waals surface area contributed by atoms with E-state index in [4.69, 9.17) is 5.73 Å². The molecule has 0 heterocycles. The van der Waals surface area contributed by atoms with Crippen molar-refractivity contribution in [3.63, 3.8) is 0 Å². The molecule has 1 aliphatic rings. The molecule has 0 unspecified atom stereocenters. The zero-order valence-electron chi connectivity index (χ0n) is 9.31. The first kappa shape index (κ1) is 11.5. The molecule has 3 N–H and O–H groups in total. The molecule has 3 nitrogen and oxygen atoms in total. The fourth-order valence-corrected chi connectivity index (χ4v) is 1.87. The van der Waals surface area contributed by atoms with Crippen LogP contribution in [0.15, 0.2) is 0 Å². The van der Waals surface area contributed by atoms with Crippen molar-refractivity contribution < 1.29 is 4.79 Å². The van der Waals surface area contributed by atoms with E-state index in [2.05, 4.69) is 19.2 Å². The summed E-state index contributed by atoms with van der Waals surface area (Å²) in [5, 5.41) is 2.96. The standard InChI is InChI=1S/C11H22N2O/c1-3-9(4-2)10(14)13-8-11(12)6-5-7-11/h9H,3-8,12H2,1-2H3,(H,13,14). The van der Waals surface area contributed by atoms with Gasteiger partial charge in [-0.3, -0.25) is 4.79 Å². The van der Waals surface area contributed by atoms with Crippen LogP contribution in [0.25, 0.3) is 0 Å². The number of nitrogens with two attached hydrogens (primary N) is 1. The van der Waals surface area contributed by atoms with Gasteiger partial charge < -0.3 is 11.1 Å². The molecule has 0 atom stereocenters. The maximum absolute atomic E-state index is 11.6. The third kappa shape index (κ3) is 2.71. The second-order valence-electron chi connectivity index (χ2n) is 4.45. The van der Waals surface area contributed by atoms with Crippen molar-refractivity contribution in [2.75, 3.05) is 6.54 Å². The van der Waals surface area contributed by atoms with Gasteiger partial charge >= 0.3 is 0 Å². The quantitative estimate of drug-likeness (QED) is 0.702. The molecular formula is C11H22N2O. The van der Waals surface area contributed by atoms with Crippen molar-refractivity contribution in [2.45, 2.75) is 51.5 Å². The minimum atomic E-state index is -0.0955. The molecule has 0 bridgehead atoms. The highest BCUT2D eigenvalue weighted by molar-refractivity contribution is 5.78. The van der Waals surface area contributed by atoms with E-state index >= 15 is 0 Å². The zero-order valence-corrected chi connectivity index (χ0v) is 9.31. The van der Waals surface area contributed by atoms with Gasteiger partial charge in [0.1, 0.15) is 0 Å². The van der Waals surface area contributed by atoms with Crippen LogP contribution in [-0.4, -0.2) is 18.0 Å². The normalized spacial score (nSPS) is 19.1. The van der Waals surface area contributed by atoms with Crippen LogP contribution in [0.3, 0.4) is 0 Å². The Balaban J connectivity index is 2.26. The summed E-state index contributed by atoms with van der Waals surface area (Å²) in [6.45, 7) is 4.76. The summed E-state index contributed by atoms with van der Waals surface area (Å²) in [5.74, 6) is 0.338. The third-order valence-electron chi connectivity index (χ3n) is 3.32. The molecule has 1 amide bonds. The Morgan fingerprint density at radius 2 is 2.00 bits per heavy atom. The summed E-state index contributed by atoms with van der Waals surface area (Å²) in [6.07, 6.45) is 5.14. The van der Waals surface area contributed by atoms with Crippen LogP contribution < -0.4 is 11.1 Å². The maximum atomic E-state index is 11.6. The van der Waals surface area contributed by atoms with Crippen molar-refractivity contribution in [2.24, 2.45) is 11.7 Å². The van der Waals surface area contributed by atoms with E-state index in [-0.39, 0.29) is 17.4 Å². The molecule has 1 fully saturated rings. The number of nitrogens with one attached hydrogen (secondary N) is 1. The first-order valence-corrected chi connectivity index (χ1v) is 5.68. The van der Waals surface area contributed by atoms with E-state index < -0.39 is 0 Å². The fraction of sp³-hybridized carbons (Fsp3) is 0.909. The smallest absolute Gasteiger partial charge is 0.223 e. The SMILES string of the molecule is CCC(CC)C(=O)NCC1(N)CCC1. The molecule has 14 heavy (non-hydrogen) atoms. The second kappa shape index (κ2) is 4.78. The summed E-state index contributed by atoms with van der Waals surface area (Å²) in [7, 11) is 0. The number of hydrogen-bond acceptors (Lipinski definition) is 2. The summed E-state index contributed by atoms with van der Waals surface area (Å²) in [6, 6.07) is 0. The van der Waals surface area contributed by atoms with E-state index in [1.165, 1.54) is 6.42 Å². The van der Waals surface area contributed by atoms with E-state index in [9.17, 15) is 4.79 Å². The molecule has 1 rings (SSSR count). The Kier molecular flexibility index (Phi) is 3.93. The van der Waals surface area contributed by atoms with Gasteiger partial charge in [-0.05, 0) is 32.1 Å². The number of carbonyl (C=O) groups is 1. The van der Waals surface area contributed by atoms with Gasteiger partial charge in [-0.1, -0.05) is 13.8 Å². The third-order valence-corrected chi connectivity index (χ3v) is 3.32. The summed E-state index contributed by atoms with van der Waals surface area (Å²) < 4.78 is 0. The predicted octanol–water partition coefficient (Wildman–Crippen LogP) is 1.42. The van der Waals surface area contributed by atoms with Gasteiger partial charge in [0.15, 0.2) is 0 Å². The Hall–Kier alpha value is -0.570. The highest BCUT2D eigenvalue weighted by Crippen LogP contribution is 2.28. The Morgan fingerprint density at radius 1 is 1.43 bits per heavy atom. The molecule has 0 aromatic carbocycles. The molecule has 82 valence electrons. The van der Waals surface area contributed by atoms with Gasteiger partial charge in [0.05, 0.1) is 0 Å². The zero-order chi connectivity index (χ0) is 10.6. The first-order valence-electron chi connectivity index (χ1n) is 5.68. The van der Waals surface area contributed by atoms with Crippen LogP contribution in [0.5, 0.6) is 0 Å². The lowest BCUT2D eigenvalue weighted by Gasteiger charge is -2.38. The lowest BCUT2D eigenvalue weighted by atomic mass is 9.77. The molecule has 0 saturated heterocycles. The molecule has 0 spiro atoms. The van der Waals surface area contributed by atoms with Gasteiger partial charge in [-0.15, -0.1) is 0 Å². The van der Waals surface area contributed by atoms with Gasteiger partial charge in [-0.25, -0.2) is 0 Å². The van der Waals surface area contributed by atoms with Gasteiger partial charge in [0.25, 0.3) is 0 Å². The predicted molar refractivity (Wildman–Crippen MR) is 57.9 cm³/mol. The highest BCUT2D eigenvalue weighted by atomic mass is 16.1. The molecule has 0 aromatic rings.